The highest BCUT2D eigenvalue weighted by atomic mass is 16.5. The second-order valence-electron chi connectivity index (χ2n) is 7.00. The molecule has 4 atom stereocenters. The molecule has 0 aromatic heterocycles. The van der Waals surface area contributed by atoms with Crippen LogP contribution in [0.3, 0.4) is 0 Å². The van der Waals surface area contributed by atoms with Crippen molar-refractivity contribution in [3.8, 4) is 0 Å². The molecule has 0 unspecified atom stereocenters. The first-order chi connectivity index (χ1) is 13.2. The van der Waals surface area contributed by atoms with Gasteiger partial charge in [-0.05, 0) is 16.7 Å². The number of rotatable bonds is 5. The molecule has 3 aromatic rings. The van der Waals surface area contributed by atoms with Gasteiger partial charge < -0.3 is 9.84 Å². The van der Waals surface area contributed by atoms with Gasteiger partial charge in [0.2, 0.25) is 0 Å². The van der Waals surface area contributed by atoms with E-state index in [1.54, 1.807) is 0 Å². The second kappa shape index (κ2) is 7.01. The molecular formula is C24H22O3. The number of ether oxygens (including phenoxy) is 1. The number of aliphatic hydroxyl groups excluding tert-OH is 1. The Kier molecular flexibility index (Phi) is 4.54. The molecule has 27 heavy (non-hydrogen) atoms. The molecule has 0 aliphatic heterocycles. The molecule has 0 heterocycles. The number of benzene rings is 3. The van der Waals surface area contributed by atoms with Gasteiger partial charge in [-0.25, -0.2) is 0 Å². The average Bonchev–Trinajstić information content (AvgIpc) is 3.46. The monoisotopic (exact) mass is 358 g/mol. The summed E-state index contributed by atoms with van der Waals surface area (Å²) in [5.41, 5.74) is 2.03. The molecule has 0 radical (unpaired) electrons. The third kappa shape index (κ3) is 2.75. The van der Waals surface area contributed by atoms with Gasteiger partial charge in [-0.2, -0.15) is 0 Å². The highest BCUT2D eigenvalue weighted by Crippen LogP contribution is 2.71. The van der Waals surface area contributed by atoms with Gasteiger partial charge in [-0.1, -0.05) is 91.0 Å². The van der Waals surface area contributed by atoms with E-state index >= 15 is 0 Å². The SMILES string of the molecule is COC(=O)[C@@H]1[C@@H](c2ccccc2)[C@@]1(c1ccccc1)[C@@H](O)c1ccccc1. The predicted octanol–water partition coefficient (Wildman–Crippen LogP) is 4.24. The van der Waals surface area contributed by atoms with E-state index in [1.807, 2.05) is 91.0 Å². The summed E-state index contributed by atoms with van der Waals surface area (Å²) in [5.74, 6) is -0.881. The Morgan fingerprint density at radius 2 is 1.41 bits per heavy atom. The largest absolute Gasteiger partial charge is 0.469 e. The maximum absolute atomic E-state index is 12.7. The van der Waals surface area contributed by atoms with Crippen molar-refractivity contribution < 1.29 is 14.6 Å². The number of methoxy groups -OCH3 is 1. The molecule has 0 spiro atoms. The smallest absolute Gasteiger partial charge is 0.310 e. The Balaban J connectivity index is 1.91. The van der Waals surface area contributed by atoms with Crippen LogP contribution < -0.4 is 0 Å². The highest BCUT2D eigenvalue weighted by molar-refractivity contribution is 5.83. The Bertz CT molecular complexity index is 908. The summed E-state index contributed by atoms with van der Waals surface area (Å²) in [6.45, 7) is 0. The van der Waals surface area contributed by atoms with Crippen LogP contribution >= 0.6 is 0 Å². The lowest BCUT2D eigenvalue weighted by Crippen LogP contribution is -2.25. The molecule has 1 aliphatic rings. The number of hydrogen-bond donors (Lipinski definition) is 1. The highest BCUT2D eigenvalue weighted by Gasteiger charge is 2.73. The molecule has 136 valence electrons. The molecule has 1 fully saturated rings. The average molecular weight is 358 g/mol. The van der Waals surface area contributed by atoms with E-state index in [0.29, 0.717) is 0 Å². The van der Waals surface area contributed by atoms with Crippen molar-refractivity contribution in [1.82, 2.24) is 0 Å². The van der Waals surface area contributed by atoms with Crippen molar-refractivity contribution in [2.45, 2.75) is 17.4 Å². The summed E-state index contributed by atoms with van der Waals surface area (Å²) in [6.07, 6.45) is -0.824. The van der Waals surface area contributed by atoms with Gasteiger partial charge in [0.25, 0.3) is 0 Å². The van der Waals surface area contributed by atoms with E-state index in [9.17, 15) is 9.90 Å². The predicted molar refractivity (Wildman–Crippen MR) is 104 cm³/mol. The van der Waals surface area contributed by atoms with E-state index in [-0.39, 0.29) is 11.9 Å². The number of aliphatic hydroxyl groups is 1. The minimum Gasteiger partial charge on any atom is -0.469 e. The van der Waals surface area contributed by atoms with Crippen LogP contribution in [-0.4, -0.2) is 18.2 Å². The van der Waals surface area contributed by atoms with Crippen molar-refractivity contribution >= 4 is 5.97 Å². The Hall–Kier alpha value is -2.91. The topological polar surface area (TPSA) is 46.5 Å². The summed E-state index contributed by atoms with van der Waals surface area (Å²) in [5, 5.41) is 11.5. The first-order valence-electron chi connectivity index (χ1n) is 9.12. The molecule has 0 bridgehead atoms. The summed E-state index contributed by atoms with van der Waals surface area (Å²) in [6, 6.07) is 29.3. The van der Waals surface area contributed by atoms with Crippen molar-refractivity contribution in [1.29, 1.82) is 0 Å². The third-order valence-corrected chi connectivity index (χ3v) is 5.71. The van der Waals surface area contributed by atoms with Crippen LogP contribution in [0.15, 0.2) is 91.0 Å². The van der Waals surface area contributed by atoms with Crippen molar-refractivity contribution in [2.24, 2.45) is 5.92 Å². The number of carbonyl (C=O) groups excluding carboxylic acids is 1. The lowest BCUT2D eigenvalue weighted by atomic mass is 9.81. The van der Waals surface area contributed by atoms with Crippen LogP contribution in [0.4, 0.5) is 0 Å². The molecule has 0 saturated heterocycles. The maximum Gasteiger partial charge on any atom is 0.310 e. The quantitative estimate of drug-likeness (QED) is 0.694. The zero-order chi connectivity index (χ0) is 18.9. The fraction of sp³-hybridized carbons (Fsp3) is 0.208. The van der Waals surface area contributed by atoms with E-state index in [2.05, 4.69) is 0 Å². The molecule has 3 aromatic carbocycles. The summed E-state index contributed by atoms with van der Waals surface area (Å²) in [7, 11) is 1.41. The lowest BCUT2D eigenvalue weighted by molar-refractivity contribution is -0.143. The van der Waals surface area contributed by atoms with E-state index in [0.717, 1.165) is 16.7 Å². The van der Waals surface area contributed by atoms with Crippen molar-refractivity contribution in [3.05, 3.63) is 108 Å². The summed E-state index contributed by atoms with van der Waals surface area (Å²) in [4.78, 5) is 12.7. The van der Waals surface area contributed by atoms with Gasteiger partial charge >= 0.3 is 5.97 Å². The zero-order valence-electron chi connectivity index (χ0n) is 15.2. The van der Waals surface area contributed by atoms with Gasteiger partial charge in [0, 0.05) is 11.3 Å². The summed E-state index contributed by atoms with van der Waals surface area (Å²) < 4.78 is 5.14. The first-order valence-corrected chi connectivity index (χ1v) is 9.12. The minimum absolute atomic E-state index is 0.149. The number of hydrogen-bond acceptors (Lipinski definition) is 3. The van der Waals surface area contributed by atoms with Crippen molar-refractivity contribution in [2.75, 3.05) is 7.11 Å². The molecule has 1 aliphatic carbocycles. The second-order valence-corrected chi connectivity index (χ2v) is 7.00. The molecule has 3 nitrogen and oxygen atoms in total. The van der Waals surface area contributed by atoms with Crippen LogP contribution in [0.5, 0.6) is 0 Å². The Labute approximate surface area is 159 Å². The van der Waals surface area contributed by atoms with Crippen LogP contribution in [0.1, 0.15) is 28.7 Å². The number of carbonyl (C=O) groups is 1. The lowest BCUT2D eigenvalue weighted by Gasteiger charge is -2.26. The molecule has 4 rings (SSSR count). The Morgan fingerprint density at radius 3 is 1.96 bits per heavy atom. The molecular weight excluding hydrogens is 336 g/mol. The molecule has 1 N–H and O–H groups in total. The van der Waals surface area contributed by atoms with E-state index in [1.165, 1.54) is 7.11 Å². The standard InChI is InChI=1S/C24H22O3/c1-27-23(26)21-20(17-11-5-2-6-12-17)24(21,19-15-9-4-10-16-19)22(25)18-13-7-3-8-14-18/h2-16,20-22,25H,1H3/t20-,21+,22+,24-/m1/s1. The van der Waals surface area contributed by atoms with E-state index < -0.39 is 17.4 Å². The van der Waals surface area contributed by atoms with Gasteiger partial charge in [-0.15, -0.1) is 0 Å². The minimum atomic E-state index is -0.824. The van der Waals surface area contributed by atoms with Gasteiger partial charge in [0.1, 0.15) is 0 Å². The van der Waals surface area contributed by atoms with Crippen LogP contribution in [0.25, 0.3) is 0 Å². The molecule has 3 heteroatoms. The summed E-state index contributed by atoms with van der Waals surface area (Å²) >= 11 is 0. The van der Waals surface area contributed by atoms with Crippen LogP contribution in [-0.2, 0) is 14.9 Å². The fourth-order valence-electron chi connectivity index (χ4n) is 4.49. The first kappa shape index (κ1) is 17.5. The van der Waals surface area contributed by atoms with Gasteiger partial charge in [0.05, 0.1) is 19.1 Å². The molecule has 1 saturated carbocycles. The van der Waals surface area contributed by atoms with Gasteiger partial charge in [-0.3, -0.25) is 4.79 Å². The number of esters is 1. The normalized spacial score (nSPS) is 24.8. The maximum atomic E-state index is 12.7. The van der Waals surface area contributed by atoms with Crippen molar-refractivity contribution in [3.63, 3.8) is 0 Å². The fourth-order valence-corrected chi connectivity index (χ4v) is 4.49. The van der Waals surface area contributed by atoms with Gasteiger partial charge in [0.15, 0.2) is 0 Å². The zero-order valence-corrected chi connectivity index (χ0v) is 15.2. The van der Waals surface area contributed by atoms with E-state index in [4.69, 9.17) is 4.74 Å². The third-order valence-electron chi connectivity index (χ3n) is 5.71. The van der Waals surface area contributed by atoms with Crippen LogP contribution in [0, 0.1) is 5.92 Å². The molecule has 0 amide bonds. The van der Waals surface area contributed by atoms with Crippen LogP contribution in [0.2, 0.25) is 0 Å². The Morgan fingerprint density at radius 1 is 0.889 bits per heavy atom.